The molecule has 6 nitrogen and oxygen atoms in total. The number of halogens is 1. The lowest BCUT2D eigenvalue weighted by atomic mass is 9.78. The van der Waals surface area contributed by atoms with E-state index in [9.17, 15) is 10.1 Å². The molecule has 0 unspecified atom stereocenters. The molecule has 3 aromatic rings. The highest BCUT2D eigenvalue weighted by atomic mass is 35.5. The van der Waals surface area contributed by atoms with E-state index in [2.05, 4.69) is 43.7 Å². The molecule has 0 radical (unpaired) electrons. The van der Waals surface area contributed by atoms with Crippen molar-refractivity contribution in [3.8, 4) is 28.8 Å². The lowest BCUT2D eigenvalue weighted by molar-refractivity contribution is -0.171. The largest absolute Gasteiger partial charge is 0.454 e. The first kappa shape index (κ1) is 24.8. The minimum atomic E-state index is -0.263. The average molecular weight is 490 g/mol. The van der Waals surface area contributed by atoms with Gasteiger partial charge >= 0.3 is 0 Å². The highest BCUT2D eigenvalue weighted by molar-refractivity contribution is 6.32. The summed E-state index contributed by atoms with van der Waals surface area (Å²) in [7, 11) is 0. The Kier molecular flexibility index (Phi) is 6.93. The minimum absolute atomic E-state index is 0.0421. The summed E-state index contributed by atoms with van der Waals surface area (Å²) in [5.74, 6) is 1.00. The standard InChI is InChI=1S/C28H28ClN3O3/c1-27(2)14-18(15-28(3,4)35-27)12-24(33)19-8-9-26(22(29)13-19)34-25-7-5-6-20(21(25)16-30)23-10-11-31-17-32-23/h5-11,13,17-18H,12,14-15H2,1-4H3. The van der Waals surface area contributed by atoms with Crippen LogP contribution in [-0.4, -0.2) is 27.0 Å². The minimum Gasteiger partial charge on any atom is -0.454 e. The third-order valence-corrected chi connectivity index (χ3v) is 6.35. The predicted octanol–water partition coefficient (Wildman–Crippen LogP) is 7.02. The van der Waals surface area contributed by atoms with Crippen LogP contribution in [0.15, 0.2) is 55.0 Å². The molecule has 1 aromatic heterocycles. The van der Waals surface area contributed by atoms with E-state index in [-0.39, 0.29) is 22.9 Å². The number of nitriles is 1. The first-order chi connectivity index (χ1) is 16.6. The molecule has 4 rings (SSSR count). The van der Waals surface area contributed by atoms with Gasteiger partial charge in [-0.3, -0.25) is 4.79 Å². The Morgan fingerprint density at radius 3 is 2.51 bits per heavy atom. The number of ether oxygens (including phenoxy) is 2. The van der Waals surface area contributed by atoms with Crippen molar-refractivity contribution in [1.82, 2.24) is 9.97 Å². The number of hydrogen-bond acceptors (Lipinski definition) is 6. The quantitative estimate of drug-likeness (QED) is 0.346. The zero-order chi connectivity index (χ0) is 25.2. The molecule has 0 amide bonds. The van der Waals surface area contributed by atoms with Gasteiger partial charge < -0.3 is 9.47 Å². The van der Waals surface area contributed by atoms with Crippen LogP contribution >= 0.6 is 11.6 Å². The number of rotatable bonds is 6. The number of ketones is 1. The van der Waals surface area contributed by atoms with Crippen molar-refractivity contribution in [2.75, 3.05) is 0 Å². The predicted molar refractivity (Wildman–Crippen MR) is 135 cm³/mol. The molecule has 7 heteroatoms. The molecule has 1 saturated heterocycles. The van der Waals surface area contributed by atoms with Crippen LogP contribution in [-0.2, 0) is 4.74 Å². The second-order valence-electron chi connectivity index (χ2n) is 10.2. The van der Waals surface area contributed by atoms with Gasteiger partial charge in [0, 0.05) is 23.7 Å². The van der Waals surface area contributed by atoms with E-state index in [1.165, 1.54) is 6.33 Å². The number of carbonyl (C=O) groups excluding carboxylic acids is 1. The second kappa shape index (κ2) is 9.77. The summed E-state index contributed by atoms with van der Waals surface area (Å²) in [5, 5.41) is 10.1. The first-order valence-electron chi connectivity index (χ1n) is 11.6. The molecular weight excluding hydrogens is 462 g/mol. The average Bonchev–Trinajstić information content (AvgIpc) is 2.78. The van der Waals surface area contributed by atoms with Gasteiger partial charge in [-0.05, 0) is 76.8 Å². The van der Waals surface area contributed by atoms with E-state index >= 15 is 0 Å². The number of hydrogen-bond donors (Lipinski definition) is 0. The number of nitrogens with zero attached hydrogens (tertiary/aromatic N) is 3. The van der Waals surface area contributed by atoms with E-state index in [0.29, 0.717) is 45.3 Å². The molecule has 0 bridgehead atoms. The molecule has 1 aliphatic rings. The van der Waals surface area contributed by atoms with Crippen molar-refractivity contribution in [1.29, 1.82) is 5.26 Å². The van der Waals surface area contributed by atoms with Crippen LogP contribution < -0.4 is 4.74 Å². The molecular formula is C28H28ClN3O3. The van der Waals surface area contributed by atoms with Crippen LogP contribution in [0.3, 0.4) is 0 Å². The van der Waals surface area contributed by atoms with Gasteiger partial charge in [0.05, 0.1) is 21.9 Å². The fourth-order valence-electron chi connectivity index (χ4n) is 5.09. The highest BCUT2D eigenvalue weighted by Gasteiger charge is 2.39. The molecule has 0 saturated carbocycles. The zero-order valence-corrected chi connectivity index (χ0v) is 21.1. The second-order valence-corrected chi connectivity index (χ2v) is 10.6. The van der Waals surface area contributed by atoms with Crippen molar-refractivity contribution < 1.29 is 14.3 Å². The first-order valence-corrected chi connectivity index (χ1v) is 11.9. The monoisotopic (exact) mass is 489 g/mol. The molecule has 1 fully saturated rings. The van der Waals surface area contributed by atoms with Crippen molar-refractivity contribution in [3.05, 3.63) is 71.1 Å². The maximum Gasteiger partial charge on any atom is 0.163 e. The maximum atomic E-state index is 13.1. The Morgan fingerprint density at radius 1 is 1.14 bits per heavy atom. The highest BCUT2D eigenvalue weighted by Crippen LogP contribution is 2.41. The third-order valence-electron chi connectivity index (χ3n) is 6.06. The Hall–Kier alpha value is -3.27. The fourth-order valence-corrected chi connectivity index (χ4v) is 5.31. The lowest BCUT2D eigenvalue weighted by Crippen LogP contribution is -2.45. The van der Waals surface area contributed by atoms with Crippen molar-refractivity contribution in [2.24, 2.45) is 5.92 Å². The summed E-state index contributed by atoms with van der Waals surface area (Å²) in [6, 6.07) is 14.2. The number of carbonyl (C=O) groups is 1. The summed E-state index contributed by atoms with van der Waals surface area (Å²) < 4.78 is 12.2. The van der Waals surface area contributed by atoms with E-state index in [0.717, 1.165) is 12.8 Å². The Bertz CT molecular complexity index is 1270. The summed E-state index contributed by atoms with van der Waals surface area (Å²) in [6.45, 7) is 8.29. The lowest BCUT2D eigenvalue weighted by Gasteiger charge is -2.45. The molecule has 1 aliphatic heterocycles. The van der Waals surface area contributed by atoms with Crippen LogP contribution in [0.2, 0.25) is 5.02 Å². The van der Waals surface area contributed by atoms with Gasteiger partial charge in [-0.2, -0.15) is 5.26 Å². The zero-order valence-electron chi connectivity index (χ0n) is 20.3. The normalized spacial score (nSPS) is 16.9. The van der Waals surface area contributed by atoms with Crippen molar-refractivity contribution in [3.63, 3.8) is 0 Å². The smallest absolute Gasteiger partial charge is 0.163 e. The Morgan fingerprint density at radius 2 is 1.89 bits per heavy atom. The topological polar surface area (TPSA) is 85.1 Å². The third kappa shape index (κ3) is 5.87. The number of Topliss-reactive ketones (excluding diaryl/α,β-unsaturated/α-hetero) is 1. The Balaban J connectivity index is 1.53. The molecule has 0 aliphatic carbocycles. The van der Waals surface area contributed by atoms with Crippen LogP contribution in [0.5, 0.6) is 11.5 Å². The van der Waals surface area contributed by atoms with Crippen LogP contribution in [0.4, 0.5) is 0 Å². The van der Waals surface area contributed by atoms with E-state index < -0.39 is 0 Å². The fraction of sp³-hybridized carbons (Fsp3) is 0.357. The van der Waals surface area contributed by atoms with Gasteiger partial charge in [0.25, 0.3) is 0 Å². The molecule has 0 spiro atoms. The van der Waals surface area contributed by atoms with Gasteiger partial charge in [0.15, 0.2) is 5.78 Å². The molecule has 0 N–H and O–H groups in total. The summed E-state index contributed by atoms with van der Waals surface area (Å²) in [6.07, 6.45) is 5.14. The summed E-state index contributed by atoms with van der Waals surface area (Å²) >= 11 is 6.51. The molecule has 0 atom stereocenters. The van der Waals surface area contributed by atoms with Gasteiger partial charge in [0.2, 0.25) is 0 Å². The van der Waals surface area contributed by atoms with Crippen LogP contribution in [0.25, 0.3) is 11.3 Å². The van der Waals surface area contributed by atoms with Gasteiger partial charge in [0.1, 0.15) is 29.5 Å². The van der Waals surface area contributed by atoms with E-state index in [1.807, 2.05) is 0 Å². The molecule has 35 heavy (non-hydrogen) atoms. The van der Waals surface area contributed by atoms with Gasteiger partial charge in [-0.1, -0.05) is 23.7 Å². The Labute approximate surface area is 210 Å². The SMILES string of the molecule is CC1(C)CC(CC(=O)c2ccc(Oc3cccc(-c4ccncn4)c3C#N)c(Cl)c2)CC(C)(C)O1. The molecule has 2 aromatic carbocycles. The van der Waals surface area contributed by atoms with Gasteiger partial charge in [-0.15, -0.1) is 0 Å². The van der Waals surface area contributed by atoms with Gasteiger partial charge in [-0.25, -0.2) is 9.97 Å². The van der Waals surface area contributed by atoms with Crippen molar-refractivity contribution >= 4 is 17.4 Å². The molecule has 2 heterocycles. The summed E-state index contributed by atoms with van der Waals surface area (Å²) in [5.41, 5.74) is 1.61. The number of benzene rings is 2. The summed E-state index contributed by atoms with van der Waals surface area (Å²) in [4.78, 5) is 21.2. The van der Waals surface area contributed by atoms with Crippen molar-refractivity contribution in [2.45, 2.75) is 58.2 Å². The van der Waals surface area contributed by atoms with E-state index in [4.69, 9.17) is 21.1 Å². The van der Waals surface area contributed by atoms with Crippen LogP contribution in [0, 0.1) is 17.2 Å². The maximum absolute atomic E-state index is 13.1. The molecule has 180 valence electrons. The van der Waals surface area contributed by atoms with Crippen LogP contribution in [0.1, 0.15) is 62.9 Å². The number of aromatic nitrogens is 2. The van der Waals surface area contributed by atoms with E-state index in [1.54, 1.807) is 48.7 Å².